The van der Waals surface area contributed by atoms with Gasteiger partial charge in [0.05, 0.1) is 6.20 Å². The number of carbonyl (C=O) groups excluding carboxylic acids is 2. The molecule has 6 heteroatoms. The minimum atomic E-state index is -0.363. The lowest BCUT2D eigenvalue weighted by Crippen LogP contribution is -2.33. The maximum Gasteiger partial charge on any atom is 0.324 e. The summed E-state index contributed by atoms with van der Waals surface area (Å²) in [6.45, 7) is 6.48. The standard InChI is InChI=1S/C14H22N4O2/c1-9(2)7-12-13(19)18(14(20)16-12)6-5-11-8-15-17(4)10(11)3/h8-9,12H,5-7H2,1-4H3,(H,16,20)/t12-/m0/s1. The molecular weight excluding hydrogens is 256 g/mol. The largest absolute Gasteiger partial charge is 0.326 e. The molecule has 0 bridgehead atoms. The summed E-state index contributed by atoms with van der Waals surface area (Å²) < 4.78 is 1.79. The molecule has 110 valence electrons. The van der Waals surface area contributed by atoms with E-state index in [1.54, 1.807) is 10.9 Å². The van der Waals surface area contributed by atoms with Crippen molar-refractivity contribution in [3.63, 3.8) is 0 Å². The molecule has 1 aliphatic rings. The molecule has 0 spiro atoms. The Labute approximate surface area is 119 Å². The third-order valence-electron chi connectivity index (χ3n) is 3.76. The minimum absolute atomic E-state index is 0.106. The number of aryl methyl sites for hydroxylation is 1. The van der Waals surface area contributed by atoms with Crippen LogP contribution in [-0.2, 0) is 18.3 Å². The van der Waals surface area contributed by atoms with E-state index in [0.717, 1.165) is 11.3 Å². The molecular formula is C14H22N4O2. The van der Waals surface area contributed by atoms with Gasteiger partial charge in [-0.25, -0.2) is 4.79 Å². The van der Waals surface area contributed by atoms with Crippen molar-refractivity contribution in [2.75, 3.05) is 6.54 Å². The molecule has 2 rings (SSSR count). The molecule has 3 amide bonds. The molecule has 1 aromatic heterocycles. The number of hydrogen-bond acceptors (Lipinski definition) is 3. The van der Waals surface area contributed by atoms with Gasteiger partial charge in [-0.2, -0.15) is 5.10 Å². The molecule has 2 heterocycles. The number of carbonyl (C=O) groups is 2. The van der Waals surface area contributed by atoms with Gasteiger partial charge in [0, 0.05) is 19.3 Å². The monoisotopic (exact) mass is 278 g/mol. The summed E-state index contributed by atoms with van der Waals surface area (Å²) in [6.07, 6.45) is 3.12. The van der Waals surface area contributed by atoms with E-state index in [1.165, 1.54) is 4.90 Å². The summed E-state index contributed by atoms with van der Waals surface area (Å²) in [5.41, 5.74) is 2.14. The Hall–Kier alpha value is -1.85. The molecule has 1 N–H and O–H groups in total. The van der Waals surface area contributed by atoms with Gasteiger partial charge in [0.25, 0.3) is 5.91 Å². The van der Waals surface area contributed by atoms with Gasteiger partial charge in [0.2, 0.25) is 0 Å². The van der Waals surface area contributed by atoms with Gasteiger partial charge in [-0.3, -0.25) is 14.4 Å². The second-order valence-corrected chi connectivity index (χ2v) is 5.75. The van der Waals surface area contributed by atoms with E-state index in [0.29, 0.717) is 25.3 Å². The van der Waals surface area contributed by atoms with Crippen molar-refractivity contribution in [3.8, 4) is 0 Å². The van der Waals surface area contributed by atoms with Crippen LogP contribution in [0.4, 0.5) is 4.79 Å². The number of aromatic nitrogens is 2. The summed E-state index contributed by atoms with van der Waals surface area (Å²) in [4.78, 5) is 25.4. The Morgan fingerprint density at radius 1 is 1.40 bits per heavy atom. The van der Waals surface area contributed by atoms with E-state index >= 15 is 0 Å². The van der Waals surface area contributed by atoms with Crippen LogP contribution in [0.15, 0.2) is 6.20 Å². The Bertz CT molecular complexity index is 521. The average Bonchev–Trinajstić information content (AvgIpc) is 2.81. The molecule has 6 nitrogen and oxygen atoms in total. The summed E-state index contributed by atoms with van der Waals surface area (Å²) in [6, 6.07) is -0.639. The summed E-state index contributed by atoms with van der Waals surface area (Å²) in [5, 5.41) is 6.92. The Kier molecular flexibility index (Phi) is 4.11. The first-order valence-electron chi connectivity index (χ1n) is 6.99. The molecule has 1 fully saturated rings. The first kappa shape index (κ1) is 14.6. The van der Waals surface area contributed by atoms with Gasteiger partial charge in [-0.1, -0.05) is 13.8 Å². The summed E-state index contributed by atoms with van der Waals surface area (Å²) in [5.74, 6) is 0.273. The Balaban J connectivity index is 1.98. The fraction of sp³-hybridized carbons (Fsp3) is 0.643. The van der Waals surface area contributed by atoms with Crippen LogP contribution in [0.3, 0.4) is 0 Å². The third kappa shape index (κ3) is 2.84. The van der Waals surface area contributed by atoms with E-state index < -0.39 is 0 Å². The van der Waals surface area contributed by atoms with Gasteiger partial charge in [0.15, 0.2) is 0 Å². The topological polar surface area (TPSA) is 67.2 Å². The number of nitrogens with zero attached hydrogens (tertiary/aromatic N) is 3. The van der Waals surface area contributed by atoms with Gasteiger partial charge in [0.1, 0.15) is 6.04 Å². The third-order valence-corrected chi connectivity index (χ3v) is 3.76. The normalized spacial score (nSPS) is 19.1. The Morgan fingerprint density at radius 3 is 2.65 bits per heavy atom. The lowest BCUT2D eigenvalue weighted by atomic mass is 10.0. The molecule has 0 radical (unpaired) electrons. The van der Waals surface area contributed by atoms with Crippen molar-refractivity contribution in [2.45, 2.75) is 39.7 Å². The zero-order valence-electron chi connectivity index (χ0n) is 12.5. The van der Waals surface area contributed by atoms with Gasteiger partial charge >= 0.3 is 6.03 Å². The van der Waals surface area contributed by atoms with E-state index in [9.17, 15) is 9.59 Å². The fourth-order valence-corrected chi connectivity index (χ4v) is 2.44. The summed E-state index contributed by atoms with van der Waals surface area (Å²) in [7, 11) is 1.88. The number of urea groups is 1. The molecule has 0 saturated carbocycles. The minimum Gasteiger partial charge on any atom is -0.326 e. The maximum absolute atomic E-state index is 12.2. The van der Waals surface area contributed by atoms with Crippen LogP contribution >= 0.6 is 0 Å². The quantitative estimate of drug-likeness (QED) is 0.824. The van der Waals surface area contributed by atoms with Gasteiger partial charge < -0.3 is 5.32 Å². The Morgan fingerprint density at radius 2 is 2.10 bits per heavy atom. The second-order valence-electron chi connectivity index (χ2n) is 5.75. The first-order valence-corrected chi connectivity index (χ1v) is 6.99. The highest BCUT2D eigenvalue weighted by Crippen LogP contribution is 2.15. The maximum atomic E-state index is 12.2. The van der Waals surface area contributed by atoms with Crippen LogP contribution < -0.4 is 5.32 Å². The van der Waals surface area contributed by atoms with Crippen LogP contribution in [0.2, 0.25) is 0 Å². The molecule has 0 unspecified atom stereocenters. The van der Waals surface area contributed by atoms with Crippen LogP contribution in [0, 0.1) is 12.8 Å². The molecule has 1 aliphatic heterocycles. The highest BCUT2D eigenvalue weighted by molar-refractivity contribution is 6.04. The van der Waals surface area contributed by atoms with E-state index in [-0.39, 0.29) is 18.0 Å². The molecule has 20 heavy (non-hydrogen) atoms. The van der Waals surface area contributed by atoms with E-state index in [1.807, 2.05) is 27.8 Å². The number of amides is 3. The SMILES string of the molecule is Cc1c(CCN2C(=O)N[C@@H](CC(C)C)C2=O)cnn1C. The number of nitrogens with one attached hydrogen (secondary N) is 1. The zero-order chi connectivity index (χ0) is 14.9. The smallest absolute Gasteiger partial charge is 0.324 e. The van der Waals surface area contributed by atoms with E-state index in [4.69, 9.17) is 0 Å². The first-order chi connectivity index (χ1) is 9.40. The molecule has 0 aliphatic carbocycles. The summed E-state index contributed by atoms with van der Waals surface area (Å²) >= 11 is 0. The second kappa shape index (κ2) is 5.64. The number of hydrogen-bond donors (Lipinski definition) is 1. The van der Waals surface area contributed by atoms with Gasteiger partial charge in [-0.05, 0) is 31.2 Å². The molecule has 1 atom stereocenters. The van der Waals surface area contributed by atoms with Crippen LogP contribution in [0.1, 0.15) is 31.5 Å². The van der Waals surface area contributed by atoms with Crippen molar-refractivity contribution in [1.82, 2.24) is 20.0 Å². The average molecular weight is 278 g/mol. The highest BCUT2D eigenvalue weighted by Gasteiger charge is 2.37. The molecule has 1 aromatic rings. The van der Waals surface area contributed by atoms with Crippen molar-refractivity contribution in [2.24, 2.45) is 13.0 Å². The lowest BCUT2D eigenvalue weighted by Gasteiger charge is -2.13. The number of rotatable bonds is 5. The fourth-order valence-electron chi connectivity index (χ4n) is 2.44. The zero-order valence-corrected chi connectivity index (χ0v) is 12.5. The lowest BCUT2D eigenvalue weighted by molar-refractivity contribution is -0.127. The van der Waals surface area contributed by atoms with E-state index in [2.05, 4.69) is 10.4 Å². The predicted molar refractivity (Wildman–Crippen MR) is 75.1 cm³/mol. The number of imide groups is 1. The predicted octanol–water partition coefficient (Wildman–Crippen LogP) is 1.24. The van der Waals surface area contributed by atoms with Crippen molar-refractivity contribution in [1.29, 1.82) is 0 Å². The molecule has 0 aromatic carbocycles. The highest BCUT2D eigenvalue weighted by atomic mass is 16.2. The van der Waals surface area contributed by atoms with Gasteiger partial charge in [-0.15, -0.1) is 0 Å². The van der Waals surface area contributed by atoms with Crippen LogP contribution in [0.25, 0.3) is 0 Å². The van der Waals surface area contributed by atoms with Crippen molar-refractivity contribution < 1.29 is 9.59 Å². The molecule has 1 saturated heterocycles. The van der Waals surface area contributed by atoms with Crippen LogP contribution in [0.5, 0.6) is 0 Å². The van der Waals surface area contributed by atoms with Crippen molar-refractivity contribution >= 4 is 11.9 Å². The van der Waals surface area contributed by atoms with Crippen molar-refractivity contribution in [3.05, 3.63) is 17.5 Å². The van der Waals surface area contributed by atoms with Crippen LogP contribution in [-0.4, -0.2) is 39.2 Å².